The lowest BCUT2D eigenvalue weighted by atomic mass is 9.69. The molecule has 0 spiro atoms. The van der Waals surface area contributed by atoms with Gasteiger partial charge in [0.05, 0.1) is 16.3 Å². The van der Waals surface area contributed by atoms with Crippen LogP contribution in [0.2, 0.25) is 5.02 Å². The maximum absolute atomic E-state index is 14.1. The zero-order chi connectivity index (χ0) is 39.3. The number of furan rings is 1. The fourth-order valence-electron chi connectivity index (χ4n) is 5.61. The first kappa shape index (κ1) is 45.5. The second-order valence-electron chi connectivity index (χ2n) is 15.1. The van der Waals surface area contributed by atoms with Gasteiger partial charge in [-0.05, 0) is 80.2 Å². The van der Waals surface area contributed by atoms with E-state index in [9.17, 15) is 14.0 Å². The molecular weight excluding hydrogens is 661 g/mol. The maximum Gasteiger partial charge on any atom is 0.335 e. The van der Waals surface area contributed by atoms with Crippen LogP contribution < -0.4 is 0 Å². The number of rotatable bonds is 12. The molecule has 0 bridgehead atoms. The van der Waals surface area contributed by atoms with Crippen molar-refractivity contribution in [2.24, 2.45) is 17.3 Å². The molecule has 0 amide bonds. The number of carbonyl (C=O) groups is 2. The van der Waals surface area contributed by atoms with Crippen LogP contribution in [0, 0.1) is 23.1 Å². The summed E-state index contributed by atoms with van der Waals surface area (Å²) in [7, 11) is 0. The minimum absolute atomic E-state index is 0.0105. The molecule has 1 aromatic carbocycles. The smallest absolute Gasteiger partial charge is 0.335 e. The topological polar surface area (TPSA) is 80.4 Å². The highest BCUT2D eigenvalue weighted by atomic mass is 35.5. The van der Waals surface area contributed by atoms with Gasteiger partial charge >= 0.3 is 5.97 Å². The SMILES string of the molecule is CCCC.CCCC(C)(C)C(C)C(C)C(=O)c1cc2nc(-c3ccc(Cl)c(F)c3)cc(C(C)(C)C)c2o1.C\C=C(C)/C(=C\C(C)=C\CC)C(=O)O. The first-order chi connectivity index (χ1) is 23.7. The number of pyridine rings is 1. The molecule has 2 unspecified atom stereocenters. The van der Waals surface area contributed by atoms with E-state index < -0.39 is 11.8 Å². The number of ketones is 1. The van der Waals surface area contributed by atoms with Gasteiger partial charge in [-0.15, -0.1) is 0 Å². The number of hydrogen-bond donors (Lipinski definition) is 1. The van der Waals surface area contributed by atoms with Crippen LogP contribution in [0.4, 0.5) is 4.39 Å². The molecule has 0 saturated carbocycles. The van der Waals surface area contributed by atoms with Gasteiger partial charge in [0.15, 0.2) is 11.3 Å². The van der Waals surface area contributed by atoms with Crippen LogP contribution in [0.25, 0.3) is 22.4 Å². The van der Waals surface area contributed by atoms with Crippen molar-refractivity contribution in [2.45, 2.75) is 134 Å². The predicted molar refractivity (Wildman–Crippen MR) is 214 cm³/mol. The minimum Gasteiger partial charge on any atom is -0.478 e. The second-order valence-corrected chi connectivity index (χ2v) is 15.5. The van der Waals surface area contributed by atoms with Crippen LogP contribution in [0.3, 0.4) is 0 Å². The number of benzene rings is 1. The molecule has 0 aliphatic rings. The van der Waals surface area contributed by atoms with E-state index in [1.165, 1.54) is 25.0 Å². The summed E-state index contributed by atoms with van der Waals surface area (Å²) in [4.78, 5) is 29.0. The van der Waals surface area contributed by atoms with Crippen LogP contribution in [0.1, 0.15) is 145 Å². The third-order valence-electron chi connectivity index (χ3n) is 9.52. The van der Waals surface area contributed by atoms with Crippen molar-refractivity contribution in [3.05, 3.63) is 87.4 Å². The van der Waals surface area contributed by atoms with E-state index in [-0.39, 0.29) is 33.5 Å². The minimum atomic E-state index is -0.871. The number of aromatic nitrogens is 1. The van der Waals surface area contributed by atoms with Crippen LogP contribution in [0.5, 0.6) is 0 Å². The van der Waals surface area contributed by atoms with Gasteiger partial charge in [0.25, 0.3) is 0 Å². The lowest BCUT2D eigenvalue weighted by molar-refractivity contribution is -0.132. The number of unbranched alkanes of at least 4 members (excludes halogenated alkanes) is 1. The number of nitrogens with zero attached hydrogens (tertiary/aromatic N) is 1. The molecule has 5 nitrogen and oxygen atoms in total. The van der Waals surface area contributed by atoms with E-state index in [0.717, 1.165) is 36.0 Å². The first-order valence-electron chi connectivity index (χ1n) is 18.4. The zero-order valence-electron chi connectivity index (χ0n) is 33.7. The molecule has 2 heterocycles. The van der Waals surface area contributed by atoms with Gasteiger partial charge in [0, 0.05) is 23.1 Å². The van der Waals surface area contributed by atoms with Crippen molar-refractivity contribution < 1.29 is 23.5 Å². The Hall–Kier alpha value is -3.51. The van der Waals surface area contributed by atoms with Gasteiger partial charge < -0.3 is 9.52 Å². The van der Waals surface area contributed by atoms with Gasteiger partial charge in [0.2, 0.25) is 5.78 Å². The summed E-state index contributed by atoms with van der Waals surface area (Å²) < 4.78 is 20.3. The highest BCUT2D eigenvalue weighted by Gasteiger charge is 2.35. The third kappa shape index (κ3) is 13.2. The van der Waals surface area contributed by atoms with Crippen LogP contribution in [0.15, 0.2) is 69.7 Å². The summed E-state index contributed by atoms with van der Waals surface area (Å²) in [5, 5.41) is 9.03. The first-order valence-corrected chi connectivity index (χ1v) is 18.8. The van der Waals surface area contributed by atoms with E-state index >= 15 is 0 Å². The number of aliphatic carboxylic acids is 1. The van der Waals surface area contributed by atoms with Gasteiger partial charge in [0.1, 0.15) is 11.3 Å². The highest BCUT2D eigenvalue weighted by molar-refractivity contribution is 6.30. The molecule has 3 rings (SSSR count). The number of allylic oxidation sites excluding steroid dienone is 4. The van der Waals surface area contributed by atoms with Gasteiger partial charge in [-0.1, -0.05) is 131 Å². The van der Waals surface area contributed by atoms with Crippen molar-refractivity contribution in [2.75, 3.05) is 0 Å². The average molecular weight is 724 g/mol. The molecule has 3 aromatic rings. The van der Waals surface area contributed by atoms with Crippen LogP contribution >= 0.6 is 11.6 Å². The quantitative estimate of drug-likeness (QED) is 0.114. The van der Waals surface area contributed by atoms with Crippen molar-refractivity contribution in [3.8, 4) is 11.3 Å². The zero-order valence-corrected chi connectivity index (χ0v) is 34.4. The summed E-state index contributed by atoms with van der Waals surface area (Å²) in [6.45, 7) is 28.9. The lowest BCUT2D eigenvalue weighted by Gasteiger charge is -2.35. The molecule has 1 N–H and O–H groups in total. The monoisotopic (exact) mass is 723 g/mol. The molecule has 0 saturated heterocycles. The fourth-order valence-corrected chi connectivity index (χ4v) is 5.73. The van der Waals surface area contributed by atoms with Crippen LogP contribution in [-0.2, 0) is 10.2 Å². The van der Waals surface area contributed by atoms with Crippen molar-refractivity contribution in [1.29, 1.82) is 0 Å². The number of Topliss-reactive ketones (excluding diaryl/α,β-unsaturated/α-hetero) is 1. The molecule has 0 fully saturated rings. The van der Waals surface area contributed by atoms with Gasteiger partial charge in [-0.3, -0.25) is 4.79 Å². The van der Waals surface area contributed by atoms with Gasteiger partial charge in [-0.2, -0.15) is 0 Å². The highest BCUT2D eigenvalue weighted by Crippen LogP contribution is 2.40. The van der Waals surface area contributed by atoms with E-state index in [1.54, 1.807) is 31.2 Å². The van der Waals surface area contributed by atoms with Crippen molar-refractivity contribution in [1.82, 2.24) is 4.98 Å². The maximum atomic E-state index is 14.1. The van der Waals surface area contributed by atoms with Crippen LogP contribution in [-0.4, -0.2) is 21.8 Å². The third-order valence-corrected chi connectivity index (χ3v) is 9.83. The number of carbonyl (C=O) groups excluding carboxylic acids is 1. The number of halogens is 2. The van der Waals surface area contributed by atoms with E-state index in [4.69, 9.17) is 26.1 Å². The molecule has 7 heteroatoms. The number of carboxylic acid groups (broad SMARTS) is 1. The number of fused-ring (bicyclic) bond motifs is 1. The van der Waals surface area contributed by atoms with E-state index in [1.807, 2.05) is 39.8 Å². The summed E-state index contributed by atoms with van der Waals surface area (Å²) in [5.41, 5.74) is 5.32. The predicted octanol–water partition coefficient (Wildman–Crippen LogP) is 14.0. The summed E-state index contributed by atoms with van der Waals surface area (Å²) in [6.07, 6.45) is 11.2. The van der Waals surface area contributed by atoms with Crippen molar-refractivity contribution >= 4 is 34.5 Å². The molecule has 51 heavy (non-hydrogen) atoms. The average Bonchev–Trinajstić information content (AvgIpc) is 3.50. The number of hydrogen-bond acceptors (Lipinski definition) is 4. The van der Waals surface area contributed by atoms with Gasteiger partial charge in [-0.25, -0.2) is 14.2 Å². The van der Waals surface area contributed by atoms with Crippen molar-refractivity contribution in [3.63, 3.8) is 0 Å². The Morgan fingerprint density at radius 1 is 0.980 bits per heavy atom. The summed E-state index contributed by atoms with van der Waals surface area (Å²) in [5.74, 6) is -1.04. The largest absolute Gasteiger partial charge is 0.478 e. The molecular formula is C44H63ClFNO4. The molecule has 0 aliphatic heterocycles. The Balaban J connectivity index is 0.000000602. The molecule has 0 aliphatic carbocycles. The fraction of sp³-hybridized carbons (Fsp3) is 0.523. The Morgan fingerprint density at radius 3 is 2.06 bits per heavy atom. The molecule has 2 aromatic heterocycles. The Morgan fingerprint density at radius 2 is 1.59 bits per heavy atom. The standard InChI is InChI=1S/C28H35ClFNO2.C12H18O2.C4H10/c1-9-12-28(7,8)17(3)16(2)25(32)24-15-23-26(33-24)19(27(4,5)6)14-22(31-23)18-10-11-20(29)21(30)13-18;1-5-7-9(3)8-11(12(13)14)10(4)6-2;1-3-4-2/h10-11,13-17H,9,12H2,1-8H3;6-8H,5H2,1-4H3,(H,13,14);3-4H2,1-2H3/b;9-7+,10-6-,11-8+;. The summed E-state index contributed by atoms with van der Waals surface area (Å²) in [6, 6.07) is 8.31. The molecule has 2 atom stereocenters. The van der Waals surface area contributed by atoms with E-state index in [0.29, 0.717) is 33.7 Å². The number of carboxylic acids is 1. The molecule has 282 valence electrons. The lowest BCUT2D eigenvalue weighted by Crippen LogP contribution is -2.31. The Kier molecular flexibility index (Phi) is 18.3. The Bertz CT molecular complexity index is 1700. The normalized spacial score (nSPS) is 13.9. The summed E-state index contributed by atoms with van der Waals surface area (Å²) >= 11 is 5.86. The molecule has 0 radical (unpaired) electrons. The Labute approximate surface area is 312 Å². The van der Waals surface area contributed by atoms with E-state index in [2.05, 4.69) is 62.3 Å². The second kappa shape index (κ2) is 20.5.